The van der Waals surface area contributed by atoms with E-state index in [0.717, 1.165) is 10.9 Å². The fourth-order valence-electron chi connectivity index (χ4n) is 3.96. The van der Waals surface area contributed by atoms with E-state index in [1.807, 2.05) is 30.3 Å². The van der Waals surface area contributed by atoms with Gasteiger partial charge in [-0.2, -0.15) is 0 Å². The highest BCUT2D eigenvalue weighted by Gasteiger charge is 2.40. The molecule has 3 heterocycles. The van der Waals surface area contributed by atoms with E-state index in [1.54, 1.807) is 18.1 Å². The zero-order valence-corrected chi connectivity index (χ0v) is 15.9. The normalized spacial score (nSPS) is 24.5. The number of pyridine rings is 1. The fraction of sp³-hybridized carbons (Fsp3) is 0.421. The maximum atomic E-state index is 12.9. The monoisotopic (exact) mass is 387 g/mol. The molecule has 2 unspecified atom stereocenters. The molecule has 2 fully saturated rings. The Morgan fingerprint density at radius 3 is 2.78 bits per heavy atom. The Bertz CT molecular complexity index is 1020. The van der Waals surface area contributed by atoms with Crippen LogP contribution in [0.1, 0.15) is 12.8 Å². The topological polar surface area (TPSA) is 87.7 Å². The van der Waals surface area contributed by atoms with Gasteiger partial charge >= 0.3 is 0 Å². The van der Waals surface area contributed by atoms with Crippen molar-refractivity contribution in [2.45, 2.75) is 18.9 Å². The number of para-hydroxylation sites is 1. The van der Waals surface area contributed by atoms with Crippen LogP contribution < -0.4 is 4.90 Å². The summed E-state index contributed by atoms with van der Waals surface area (Å²) in [4.78, 5) is 33.0. The highest BCUT2D eigenvalue weighted by Crippen LogP contribution is 2.31. The summed E-state index contributed by atoms with van der Waals surface area (Å²) in [7, 11) is -1.43. The molecule has 8 heteroatoms. The molecule has 0 radical (unpaired) electrons. The van der Waals surface area contributed by atoms with Gasteiger partial charge in [-0.25, -0.2) is 8.42 Å². The molecule has 2 aliphatic rings. The summed E-state index contributed by atoms with van der Waals surface area (Å²) in [6.07, 6.45) is 2.28. The average molecular weight is 387 g/mol. The van der Waals surface area contributed by atoms with E-state index in [1.165, 1.54) is 4.90 Å². The number of hydrogen-bond acceptors (Lipinski definition) is 5. The standard InChI is InChI=1S/C19H21N3O4S/c1-21(15-7-9-27(25,26)12-15)19(24)14-10-17(23)22(11-14)16-6-2-4-13-5-3-8-20-18(13)16/h2-6,8,14-15H,7,9-12H2,1H3. The number of hydrogen-bond donors (Lipinski definition) is 0. The lowest BCUT2D eigenvalue weighted by Gasteiger charge is -2.26. The zero-order valence-electron chi connectivity index (χ0n) is 15.0. The molecule has 2 amide bonds. The molecule has 0 aliphatic carbocycles. The van der Waals surface area contributed by atoms with Gasteiger partial charge in [0.15, 0.2) is 9.84 Å². The fourth-order valence-corrected chi connectivity index (χ4v) is 5.73. The third-order valence-electron chi connectivity index (χ3n) is 5.48. The van der Waals surface area contributed by atoms with Crippen LogP contribution in [0, 0.1) is 5.92 Å². The summed E-state index contributed by atoms with van der Waals surface area (Å²) in [6, 6.07) is 9.12. The quantitative estimate of drug-likeness (QED) is 0.791. The van der Waals surface area contributed by atoms with Gasteiger partial charge in [-0.3, -0.25) is 14.6 Å². The molecule has 0 saturated carbocycles. The molecule has 0 spiro atoms. The average Bonchev–Trinajstić information content (AvgIpc) is 3.22. The van der Waals surface area contributed by atoms with Gasteiger partial charge in [0.25, 0.3) is 0 Å². The molecular weight excluding hydrogens is 366 g/mol. The number of aromatic nitrogens is 1. The van der Waals surface area contributed by atoms with E-state index in [2.05, 4.69) is 4.98 Å². The predicted molar refractivity (Wildman–Crippen MR) is 102 cm³/mol. The first-order valence-corrected chi connectivity index (χ1v) is 10.8. The minimum absolute atomic E-state index is 0.00681. The van der Waals surface area contributed by atoms with Crippen LogP contribution in [0.3, 0.4) is 0 Å². The zero-order chi connectivity index (χ0) is 19.2. The maximum Gasteiger partial charge on any atom is 0.228 e. The van der Waals surface area contributed by atoms with Crippen LogP contribution in [0.15, 0.2) is 36.5 Å². The van der Waals surface area contributed by atoms with Crippen molar-refractivity contribution < 1.29 is 18.0 Å². The Hall–Kier alpha value is -2.48. The lowest BCUT2D eigenvalue weighted by atomic mass is 10.1. The van der Waals surface area contributed by atoms with Crippen molar-refractivity contribution in [1.82, 2.24) is 9.88 Å². The summed E-state index contributed by atoms with van der Waals surface area (Å²) in [6.45, 7) is 0.289. The number of fused-ring (bicyclic) bond motifs is 1. The van der Waals surface area contributed by atoms with Crippen LogP contribution in [0.4, 0.5) is 5.69 Å². The Morgan fingerprint density at radius 1 is 1.26 bits per heavy atom. The van der Waals surface area contributed by atoms with Crippen molar-refractivity contribution in [1.29, 1.82) is 0 Å². The number of nitrogens with zero attached hydrogens (tertiary/aromatic N) is 3. The second-order valence-corrected chi connectivity index (χ2v) is 9.49. The van der Waals surface area contributed by atoms with Crippen molar-refractivity contribution in [3.8, 4) is 0 Å². The highest BCUT2D eigenvalue weighted by molar-refractivity contribution is 7.91. The van der Waals surface area contributed by atoms with E-state index in [-0.39, 0.29) is 42.3 Å². The highest BCUT2D eigenvalue weighted by atomic mass is 32.2. The van der Waals surface area contributed by atoms with Crippen LogP contribution in [0.2, 0.25) is 0 Å². The number of amides is 2. The Labute approximate surface area is 157 Å². The van der Waals surface area contributed by atoms with Crippen LogP contribution >= 0.6 is 0 Å². The molecule has 1 aromatic heterocycles. The minimum Gasteiger partial charge on any atom is -0.341 e. The van der Waals surface area contributed by atoms with Gasteiger partial charge in [0.2, 0.25) is 11.8 Å². The third kappa shape index (κ3) is 3.29. The van der Waals surface area contributed by atoms with E-state index in [9.17, 15) is 18.0 Å². The second-order valence-electron chi connectivity index (χ2n) is 7.26. The van der Waals surface area contributed by atoms with E-state index in [4.69, 9.17) is 0 Å². The molecule has 1 aromatic carbocycles. The van der Waals surface area contributed by atoms with Gasteiger partial charge in [0.1, 0.15) is 0 Å². The molecule has 27 heavy (non-hydrogen) atoms. The van der Waals surface area contributed by atoms with Gasteiger partial charge in [-0.15, -0.1) is 0 Å². The van der Waals surface area contributed by atoms with Crippen LogP contribution in [-0.2, 0) is 19.4 Å². The van der Waals surface area contributed by atoms with Gasteiger partial charge in [0.05, 0.1) is 28.6 Å². The first-order chi connectivity index (χ1) is 12.9. The summed E-state index contributed by atoms with van der Waals surface area (Å²) in [5.41, 5.74) is 1.44. The number of benzene rings is 1. The Balaban J connectivity index is 1.54. The molecule has 0 bridgehead atoms. The molecule has 7 nitrogen and oxygen atoms in total. The van der Waals surface area contributed by atoms with Crippen molar-refractivity contribution in [2.75, 3.05) is 30.0 Å². The molecule has 2 aromatic rings. The van der Waals surface area contributed by atoms with Crippen molar-refractivity contribution >= 4 is 38.2 Å². The Kier molecular flexibility index (Phi) is 4.38. The summed E-state index contributed by atoms with van der Waals surface area (Å²) in [5.74, 6) is -0.621. The van der Waals surface area contributed by atoms with Gasteiger partial charge < -0.3 is 9.80 Å². The van der Waals surface area contributed by atoms with E-state index in [0.29, 0.717) is 12.1 Å². The summed E-state index contributed by atoms with van der Waals surface area (Å²) >= 11 is 0. The summed E-state index contributed by atoms with van der Waals surface area (Å²) in [5, 5.41) is 0.936. The van der Waals surface area contributed by atoms with Crippen molar-refractivity contribution in [3.05, 3.63) is 36.5 Å². The number of rotatable bonds is 3. The lowest BCUT2D eigenvalue weighted by Crippen LogP contribution is -2.42. The second kappa shape index (κ2) is 6.60. The number of anilines is 1. The maximum absolute atomic E-state index is 12.9. The van der Waals surface area contributed by atoms with E-state index >= 15 is 0 Å². The molecular formula is C19H21N3O4S. The molecule has 2 atom stereocenters. The smallest absolute Gasteiger partial charge is 0.228 e. The minimum atomic E-state index is -3.07. The first-order valence-electron chi connectivity index (χ1n) is 8.97. The van der Waals surface area contributed by atoms with Crippen LogP contribution in [-0.4, -0.2) is 61.3 Å². The number of carbonyl (C=O) groups excluding carboxylic acids is 2. The molecule has 2 aliphatic heterocycles. The molecule has 2 saturated heterocycles. The van der Waals surface area contributed by atoms with Gasteiger partial charge in [0, 0.05) is 37.6 Å². The molecule has 142 valence electrons. The Morgan fingerprint density at radius 2 is 2.04 bits per heavy atom. The number of carbonyl (C=O) groups is 2. The third-order valence-corrected chi connectivity index (χ3v) is 7.23. The van der Waals surface area contributed by atoms with Crippen LogP contribution in [0.25, 0.3) is 10.9 Å². The first kappa shape index (κ1) is 17.9. The van der Waals surface area contributed by atoms with Crippen molar-refractivity contribution in [2.24, 2.45) is 5.92 Å². The predicted octanol–water partition coefficient (Wildman–Crippen LogP) is 1.23. The summed E-state index contributed by atoms with van der Waals surface area (Å²) < 4.78 is 23.4. The van der Waals surface area contributed by atoms with Gasteiger partial charge in [-0.05, 0) is 18.6 Å². The van der Waals surface area contributed by atoms with Crippen molar-refractivity contribution in [3.63, 3.8) is 0 Å². The molecule has 0 N–H and O–H groups in total. The van der Waals surface area contributed by atoms with Crippen LogP contribution in [0.5, 0.6) is 0 Å². The molecule has 4 rings (SSSR count). The lowest BCUT2D eigenvalue weighted by molar-refractivity contribution is -0.136. The largest absolute Gasteiger partial charge is 0.341 e. The van der Waals surface area contributed by atoms with E-state index < -0.39 is 15.8 Å². The SMILES string of the molecule is CN(C(=O)C1CC(=O)N(c2cccc3cccnc23)C1)C1CCS(=O)(=O)C1. The van der Waals surface area contributed by atoms with Gasteiger partial charge in [-0.1, -0.05) is 18.2 Å². The number of sulfone groups is 1.